The highest BCUT2D eigenvalue weighted by atomic mass is 35.5. The lowest BCUT2D eigenvalue weighted by Crippen LogP contribution is -2.47. The van der Waals surface area contributed by atoms with Crippen LogP contribution in [0, 0.1) is 6.92 Å². The van der Waals surface area contributed by atoms with Gasteiger partial charge in [0.1, 0.15) is 5.65 Å². The number of imidazole rings is 1. The van der Waals surface area contributed by atoms with Crippen LogP contribution < -0.4 is 0 Å². The zero-order valence-corrected chi connectivity index (χ0v) is 20.8. The molecule has 1 saturated heterocycles. The van der Waals surface area contributed by atoms with Crippen LogP contribution in [0.3, 0.4) is 0 Å². The summed E-state index contributed by atoms with van der Waals surface area (Å²) >= 11 is 13.0. The van der Waals surface area contributed by atoms with Crippen LogP contribution in [0.1, 0.15) is 24.1 Å². The molecule has 5 nitrogen and oxygen atoms in total. The maximum absolute atomic E-state index is 11.6. The smallest absolute Gasteiger partial charge is 0.219 e. The second-order valence-corrected chi connectivity index (χ2v) is 9.87. The van der Waals surface area contributed by atoms with Gasteiger partial charge in [0, 0.05) is 60.5 Å². The quantitative estimate of drug-likeness (QED) is 0.274. The first-order valence-electron chi connectivity index (χ1n) is 11.5. The number of hydrogen-bond acceptors (Lipinski definition) is 3. The van der Waals surface area contributed by atoms with E-state index in [4.69, 9.17) is 33.2 Å². The fourth-order valence-corrected chi connectivity index (χ4v) is 5.43. The summed E-state index contributed by atoms with van der Waals surface area (Å²) in [6.07, 6.45) is 3.89. The highest BCUT2D eigenvalue weighted by molar-refractivity contribution is 6.39. The molecule has 4 heterocycles. The molecule has 1 aliphatic rings. The fourth-order valence-electron chi connectivity index (χ4n) is 4.86. The predicted molar refractivity (Wildman–Crippen MR) is 141 cm³/mol. The summed E-state index contributed by atoms with van der Waals surface area (Å²) < 4.78 is 2.06. The highest BCUT2D eigenvalue weighted by Crippen LogP contribution is 2.37. The summed E-state index contributed by atoms with van der Waals surface area (Å²) in [6, 6.07) is 18.1. The third-order valence-electron chi connectivity index (χ3n) is 6.91. The molecule has 0 spiro atoms. The lowest BCUT2D eigenvalue weighted by molar-refractivity contribution is -0.133. The molecule has 6 rings (SSSR count). The molecular weight excluding hydrogens is 479 g/mol. The first-order chi connectivity index (χ1) is 16.9. The molecule has 1 fully saturated rings. The number of rotatable bonds is 3. The van der Waals surface area contributed by atoms with Crippen LogP contribution in [0.25, 0.3) is 38.9 Å². The van der Waals surface area contributed by atoms with Gasteiger partial charge >= 0.3 is 0 Å². The summed E-state index contributed by atoms with van der Waals surface area (Å²) in [5.41, 5.74) is 7.51. The van der Waals surface area contributed by atoms with Gasteiger partial charge in [-0.15, -0.1) is 0 Å². The molecule has 3 aromatic heterocycles. The van der Waals surface area contributed by atoms with E-state index in [0.717, 1.165) is 57.7 Å². The fraction of sp³-hybridized carbons (Fsp3) is 0.179. The number of fused-ring (bicyclic) bond motifs is 3. The van der Waals surface area contributed by atoms with E-state index in [1.807, 2.05) is 48.5 Å². The monoisotopic (exact) mass is 500 g/mol. The molecule has 7 heteroatoms. The highest BCUT2D eigenvalue weighted by Gasteiger charge is 2.29. The van der Waals surface area contributed by atoms with Crippen molar-refractivity contribution in [1.29, 1.82) is 0 Å². The lowest BCUT2D eigenvalue weighted by Gasteiger charge is -2.39. The Labute approximate surface area is 212 Å². The van der Waals surface area contributed by atoms with E-state index in [1.54, 1.807) is 6.92 Å². The summed E-state index contributed by atoms with van der Waals surface area (Å²) in [6.45, 7) is 5.19. The van der Waals surface area contributed by atoms with Crippen LogP contribution in [0.4, 0.5) is 0 Å². The van der Waals surface area contributed by atoms with Gasteiger partial charge in [-0.25, -0.2) is 4.98 Å². The van der Waals surface area contributed by atoms with Crippen LogP contribution in [-0.4, -0.2) is 38.3 Å². The number of benzene rings is 2. The van der Waals surface area contributed by atoms with Crippen LogP contribution in [0.2, 0.25) is 10.0 Å². The second kappa shape index (κ2) is 8.36. The summed E-state index contributed by atoms with van der Waals surface area (Å²) in [4.78, 5) is 23.2. The number of nitrogens with zero attached hydrogens (tertiary/aromatic N) is 4. The molecule has 0 unspecified atom stereocenters. The number of amides is 1. The molecule has 0 bridgehead atoms. The van der Waals surface area contributed by atoms with Crippen molar-refractivity contribution >= 4 is 45.7 Å². The summed E-state index contributed by atoms with van der Waals surface area (Å²) in [5.74, 6) is 0.504. The van der Waals surface area contributed by atoms with Crippen LogP contribution in [-0.2, 0) is 4.79 Å². The van der Waals surface area contributed by atoms with Gasteiger partial charge in [-0.2, -0.15) is 0 Å². The number of pyridine rings is 2. The SMILES string of the molecule is CC(=O)N1CC(c2cccc(-c3cnc4ccn5c(C)c(-c6c(Cl)cccc6Cl)nc5c4c3)c2)C1. The van der Waals surface area contributed by atoms with Crippen molar-refractivity contribution in [3.8, 4) is 22.4 Å². The van der Waals surface area contributed by atoms with E-state index in [0.29, 0.717) is 16.0 Å². The minimum atomic E-state index is 0.132. The van der Waals surface area contributed by atoms with Crippen molar-refractivity contribution in [3.05, 3.63) is 88.3 Å². The molecule has 0 atom stereocenters. The topological polar surface area (TPSA) is 50.5 Å². The Balaban J connectivity index is 1.45. The molecule has 0 N–H and O–H groups in total. The molecule has 0 saturated carbocycles. The van der Waals surface area contributed by atoms with E-state index in [9.17, 15) is 4.79 Å². The molecular formula is C28H22Cl2N4O. The molecule has 174 valence electrons. The van der Waals surface area contributed by atoms with Crippen molar-refractivity contribution in [2.45, 2.75) is 19.8 Å². The molecule has 0 radical (unpaired) electrons. The van der Waals surface area contributed by atoms with E-state index in [-0.39, 0.29) is 5.91 Å². The molecule has 1 aliphatic heterocycles. The van der Waals surface area contributed by atoms with Crippen molar-refractivity contribution < 1.29 is 4.79 Å². The summed E-state index contributed by atoms with van der Waals surface area (Å²) in [5, 5.41) is 2.10. The Morgan fingerprint density at radius 2 is 1.74 bits per heavy atom. The molecule has 35 heavy (non-hydrogen) atoms. The van der Waals surface area contributed by atoms with Crippen molar-refractivity contribution in [3.63, 3.8) is 0 Å². The average molecular weight is 501 g/mol. The normalized spacial score (nSPS) is 14.0. The van der Waals surface area contributed by atoms with E-state index in [2.05, 4.69) is 34.7 Å². The minimum absolute atomic E-state index is 0.132. The van der Waals surface area contributed by atoms with E-state index >= 15 is 0 Å². The zero-order valence-electron chi connectivity index (χ0n) is 19.3. The van der Waals surface area contributed by atoms with Gasteiger partial charge in [-0.05, 0) is 42.3 Å². The van der Waals surface area contributed by atoms with Gasteiger partial charge in [0.2, 0.25) is 5.91 Å². The van der Waals surface area contributed by atoms with Gasteiger partial charge in [0.05, 0.1) is 21.3 Å². The molecule has 0 aliphatic carbocycles. The number of carbonyl (C=O) groups excluding carboxylic acids is 1. The van der Waals surface area contributed by atoms with Crippen molar-refractivity contribution in [2.24, 2.45) is 0 Å². The van der Waals surface area contributed by atoms with Crippen LogP contribution in [0.15, 0.2) is 67.0 Å². The third kappa shape index (κ3) is 3.67. The second-order valence-electron chi connectivity index (χ2n) is 9.06. The average Bonchev–Trinajstić information content (AvgIpc) is 3.14. The van der Waals surface area contributed by atoms with Gasteiger partial charge in [-0.3, -0.25) is 9.78 Å². The van der Waals surface area contributed by atoms with E-state index in [1.165, 1.54) is 5.56 Å². The number of aryl methyl sites for hydroxylation is 1. The Bertz CT molecular complexity index is 1620. The van der Waals surface area contributed by atoms with Crippen molar-refractivity contribution in [2.75, 3.05) is 13.1 Å². The maximum atomic E-state index is 11.6. The first-order valence-corrected chi connectivity index (χ1v) is 12.2. The third-order valence-corrected chi connectivity index (χ3v) is 7.54. The van der Waals surface area contributed by atoms with Gasteiger partial charge < -0.3 is 9.30 Å². The van der Waals surface area contributed by atoms with Crippen molar-refractivity contribution in [1.82, 2.24) is 19.3 Å². The van der Waals surface area contributed by atoms with Gasteiger partial charge in [0.25, 0.3) is 0 Å². The number of likely N-dealkylation sites (tertiary alicyclic amines) is 1. The number of carbonyl (C=O) groups is 1. The van der Waals surface area contributed by atoms with Crippen LogP contribution >= 0.6 is 23.2 Å². The molecule has 5 aromatic rings. The van der Waals surface area contributed by atoms with Crippen LogP contribution in [0.5, 0.6) is 0 Å². The lowest BCUT2D eigenvalue weighted by atomic mass is 9.89. The number of aromatic nitrogens is 3. The number of halogens is 2. The summed E-state index contributed by atoms with van der Waals surface area (Å²) in [7, 11) is 0. The largest absolute Gasteiger partial charge is 0.342 e. The Morgan fingerprint density at radius 1 is 1.00 bits per heavy atom. The molecule has 1 amide bonds. The Kier molecular flexibility index (Phi) is 5.28. The number of hydrogen-bond donors (Lipinski definition) is 0. The maximum Gasteiger partial charge on any atom is 0.219 e. The van der Waals surface area contributed by atoms with Gasteiger partial charge in [-0.1, -0.05) is 53.5 Å². The Morgan fingerprint density at radius 3 is 2.49 bits per heavy atom. The first kappa shape index (κ1) is 22.1. The predicted octanol–water partition coefficient (Wildman–Crippen LogP) is 6.78. The Hall–Kier alpha value is -3.41. The molecule has 2 aromatic carbocycles. The standard InChI is InChI=1S/C28H22Cl2N4O/c1-16-27(26-23(29)7-4-8-24(26)30)32-28-22-12-20(13-31-25(22)9-10-34(16)28)18-5-3-6-19(11-18)21-14-33(15-21)17(2)35/h3-13,21H,14-15H2,1-2H3. The minimum Gasteiger partial charge on any atom is -0.342 e. The zero-order chi connectivity index (χ0) is 24.3. The van der Waals surface area contributed by atoms with Gasteiger partial charge in [0.15, 0.2) is 0 Å². The van der Waals surface area contributed by atoms with E-state index < -0.39 is 0 Å².